The Morgan fingerprint density at radius 3 is 2.28 bits per heavy atom. The Morgan fingerprint density at radius 1 is 1.28 bits per heavy atom. The molecule has 0 heterocycles. The Kier molecular flexibility index (Phi) is 4.42. The summed E-state index contributed by atoms with van der Waals surface area (Å²) in [6.45, 7) is 3.94. The summed E-state index contributed by atoms with van der Waals surface area (Å²) >= 11 is 0. The van der Waals surface area contributed by atoms with Gasteiger partial charge in [0.05, 0.1) is 12.3 Å². The largest absolute Gasteiger partial charge is 0.395 e. The van der Waals surface area contributed by atoms with Crippen LogP contribution in [0.3, 0.4) is 0 Å². The maximum atomic E-state index is 9.25. The number of anilines is 1. The smallest absolute Gasteiger partial charge is 0.237 e. The van der Waals surface area contributed by atoms with Crippen LogP contribution >= 0.6 is 0 Å². The minimum absolute atomic E-state index is 0.0605. The molecule has 92 valence electrons. The lowest BCUT2D eigenvalue weighted by Crippen LogP contribution is -2.21. The molecule has 0 saturated carbocycles. The molecule has 1 aromatic carbocycles. The summed E-state index contributed by atoms with van der Waals surface area (Å²) in [6, 6.07) is 10.6. The zero-order valence-electron chi connectivity index (χ0n) is 10.3. The maximum Gasteiger partial charge on any atom is 0.237 e. The van der Waals surface area contributed by atoms with Crippen molar-refractivity contribution in [2.24, 2.45) is 5.10 Å². The summed E-state index contributed by atoms with van der Waals surface area (Å²) in [4.78, 5) is 0. The fraction of sp³-hybridized carbons (Fsp3) is 0.308. The Labute approximate surface area is 106 Å². The molecule has 0 aliphatic heterocycles. The Morgan fingerprint density at radius 2 is 1.83 bits per heavy atom. The SMILES string of the molecule is CC(C)(CO)c1ccc(NN=C(C#N)C#N)cc1. The molecule has 0 spiro atoms. The highest BCUT2D eigenvalue weighted by Gasteiger charge is 2.18. The fourth-order valence-electron chi connectivity index (χ4n) is 1.28. The number of aliphatic hydroxyl groups is 1. The molecule has 2 N–H and O–H groups in total. The van der Waals surface area contributed by atoms with Crippen LogP contribution in [0.25, 0.3) is 0 Å². The number of benzene rings is 1. The second-order valence-electron chi connectivity index (χ2n) is 4.42. The third-order valence-corrected chi connectivity index (χ3v) is 2.57. The number of nitriles is 2. The minimum Gasteiger partial charge on any atom is -0.395 e. The molecule has 0 unspecified atom stereocenters. The molecule has 18 heavy (non-hydrogen) atoms. The van der Waals surface area contributed by atoms with E-state index in [1.165, 1.54) is 0 Å². The van der Waals surface area contributed by atoms with E-state index in [9.17, 15) is 5.11 Å². The molecule has 0 saturated heterocycles. The van der Waals surface area contributed by atoms with E-state index in [2.05, 4.69) is 10.5 Å². The van der Waals surface area contributed by atoms with Crippen LogP contribution in [0.15, 0.2) is 29.4 Å². The predicted molar refractivity (Wildman–Crippen MR) is 68.8 cm³/mol. The first-order valence-corrected chi connectivity index (χ1v) is 5.39. The van der Waals surface area contributed by atoms with Crippen molar-refractivity contribution in [2.45, 2.75) is 19.3 Å². The number of rotatable bonds is 4. The van der Waals surface area contributed by atoms with E-state index in [1.807, 2.05) is 26.0 Å². The summed E-state index contributed by atoms with van der Waals surface area (Å²) in [5.74, 6) is 0. The van der Waals surface area contributed by atoms with Crippen LogP contribution < -0.4 is 5.43 Å². The molecule has 0 atom stereocenters. The molecule has 0 aliphatic carbocycles. The Hall–Kier alpha value is -2.37. The number of hydrogen-bond donors (Lipinski definition) is 2. The van der Waals surface area contributed by atoms with Gasteiger partial charge < -0.3 is 5.11 Å². The molecule has 0 amide bonds. The van der Waals surface area contributed by atoms with Crippen LogP contribution in [0.5, 0.6) is 0 Å². The lowest BCUT2D eigenvalue weighted by atomic mass is 9.86. The molecule has 5 heteroatoms. The molecule has 0 aromatic heterocycles. The molecule has 0 radical (unpaired) electrons. The lowest BCUT2D eigenvalue weighted by Gasteiger charge is -2.22. The minimum atomic E-state index is -0.299. The van der Waals surface area contributed by atoms with Crippen molar-refractivity contribution in [1.29, 1.82) is 10.5 Å². The molecule has 5 nitrogen and oxygen atoms in total. The molecule has 0 bridgehead atoms. The summed E-state index contributed by atoms with van der Waals surface area (Å²) in [7, 11) is 0. The van der Waals surface area contributed by atoms with Gasteiger partial charge in [-0.1, -0.05) is 26.0 Å². The van der Waals surface area contributed by atoms with Gasteiger partial charge in [0.25, 0.3) is 0 Å². The molecule has 1 aromatic rings. The van der Waals surface area contributed by atoms with Crippen LogP contribution in [-0.2, 0) is 5.41 Å². The van der Waals surface area contributed by atoms with Crippen molar-refractivity contribution in [3.8, 4) is 12.1 Å². The normalized spacial score (nSPS) is 10.1. The van der Waals surface area contributed by atoms with Crippen molar-refractivity contribution in [2.75, 3.05) is 12.0 Å². The van der Waals surface area contributed by atoms with Crippen molar-refractivity contribution in [3.05, 3.63) is 29.8 Å². The van der Waals surface area contributed by atoms with E-state index >= 15 is 0 Å². The van der Waals surface area contributed by atoms with Gasteiger partial charge in [0.1, 0.15) is 12.1 Å². The van der Waals surface area contributed by atoms with Crippen LogP contribution in [0.4, 0.5) is 5.69 Å². The highest BCUT2D eigenvalue weighted by atomic mass is 16.3. The second kappa shape index (κ2) is 5.81. The van der Waals surface area contributed by atoms with Gasteiger partial charge in [0.2, 0.25) is 5.71 Å². The highest BCUT2D eigenvalue weighted by Crippen LogP contribution is 2.23. The first-order chi connectivity index (χ1) is 8.53. The number of nitrogens with zero attached hydrogens (tertiary/aromatic N) is 3. The average Bonchev–Trinajstić information content (AvgIpc) is 2.40. The number of nitrogens with one attached hydrogen (secondary N) is 1. The quantitative estimate of drug-likeness (QED) is 0.621. The summed E-state index contributed by atoms with van der Waals surface area (Å²) in [6.07, 6.45) is 0. The maximum absolute atomic E-state index is 9.25. The third kappa shape index (κ3) is 3.31. The van der Waals surface area contributed by atoms with E-state index in [4.69, 9.17) is 10.5 Å². The summed E-state index contributed by atoms with van der Waals surface area (Å²) in [5, 5.41) is 29.9. The van der Waals surface area contributed by atoms with Crippen molar-refractivity contribution < 1.29 is 5.11 Å². The fourth-order valence-corrected chi connectivity index (χ4v) is 1.28. The van der Waals surface area contributed by atoms with Gasteiger partial charge in [-0.2, -0.15) is 15.6 Å². The molecule has 1 rings (SSSR count). The van der Waals surface area contributed by atoms with E-state index in [0.29, 0.717) is 5.69 Å². The van der Waals surface area contributed by atoms with Crippen molar-refractivity contribution in [1.82, 2.24) is 0 Å². The van der Waals surface area contributed by atoms with E-state index in [1.54, 1.807) is 24.3 Å². The zero-order chi connectivity index (χ0) is 13.6. The van der Waals surface area contributed by atoms with E-state index in [-0.39, 0.29) is 17.7 Å². The van der Waals surface area contributed by atoms with Gasteiger partial charge in [0.15, 0.2) is 0 Å². The number of hydrogen-bond acceptors (Lipinski definition) is 5. The van der Waals surface area contributed by atoms with Gasteiger partial charge in [0, 0.05) is 5.41 Å². The first-order valence-electron chi connectivity index (χ1n) is 5.39. The second-order valence-corrected chi connectivity index (χ2v) is 4.42. The van der Waals surface area contributed by atoms with Gasteiger partial charge in [-0.25, -0.2) is 0 Å². The monoisotopic (exact) mass is 242 g/mol. The highest BCUT2D eigenvalue weighted by molar-refractivity contribution is 6.10. The Bertz CT molecular complexity index is 501. The lowest BCUT2D eigenvalue weighted by molar-refractivity contribution is 0.218. The van der Waals surface area contributed by atoms with E-state index in [0.717, 1.165) is 5.56 Å². The van der Waals surface area contributed by atoms with Gasteiger partial charge >= 0.3 is 0 Å². The van der Waals surface area contributed by atoms with E-state index < -0.39 is 0 Å². The molecular weight excluding hydrogens is 228 g/mol. The van der Waals surface area contributed by atoms with Gasteiger partial charge in [-0.3, -0.25) is 5.43 Å². The molecular formula is C13H14N4O. The van der Waals surface area contributed by atoms with Gasteiger partial charge in [-0.05, 0) is 17.7 Å². The molecule has 0 aliphatic rings. The van der Waals surface area contributed by atoms with Crippen LogP contribution in [0.1, 0.15) is 19.4 Å². The van der Waals surface area contributed by atoms with Crippen LogP contribution in [0, 0.1) is 22.7 Å². The average molecular weight is 242 g/mol. The Balaban J connectivity index is 2.83. The third-order valence-electron chi connectivity index (χ3n) is 2.57. The summed E-state index contributed by atoms with van der Waals surface area (Å²) in [5.41, 5.74) is 3.77. The topological polar surface area (TPSA) is 92.2 Å². The zero-order valence-corrected chi connectivity index (χ0v) is 10.3. The van der Waals surface area contributed by atoms with Crippen LogP contribution in [-0.4, -0.2) is 17.4 Å². The number of aliphatic hydroxyl groups excluding tert-OH is 1. The summed E-state index contributed by atoms with van der Waals surface area (Å²) < 4.78 is 0. The van der Waals surface area contributed by atoms with Gasteiger partial charge in [-0.15, -0.1) is 0 Å². The van der Waals surface area contributed by atoms with Crippen LogP contribution in [0.2, 0.25) is 0 Å². The number of hydrazone groups is 1. The van der Waals surface area contributed by atoms with Crippen molar-refractivity contribution in [3.63, 3.8) is 0 Å². The molecule has 0 fully saturated rings. The standard InChI is InChI=1S/C13H14N4O/c1-13(2,9-18)10-3-5-11(6-4-10)16-17-12(7-14)8-15/h3-6,16,18H,9H2,1-2H3. The first kappa shape index (κ1) is 13.7. The van der Waals surface area contributed by atoms with Crippen molar-refractivity contribution >= 4 is 11.4 Å². The predicted octanol–water partition coefficient (Wildman–Crippen LogP) is 1.77.